The Morgan fingerprint density at radius 3 is 2.88 bits per heavy atom. The SMILES string of the molecule is CCCn1nnn(-c2cc(O)ccc2Cl)c1=O. The van der Waals surface area contributed by atoms with Crippen LogP contribution in [0.5, 0.6) is 5.75 Å². The van der Waals surface area contributed by atoms with Crippen molar-refractivity contribution in [1.29, 1.82) is 0 Å². The summed E-state index contributed by atoms with van der Waals surface area (Å²) >= 11 is 5.94. The number of aromatic nitrogens is 4. The Balaban J connectivity index is 2.53. The number of aryl methyl sites for hydroxylation is 1. The quantitative estimate of drug-likeness (QED) is 0.893. The smallest absolute Gasteiger partial charge is 0.368 e. The number of benzene rings is 1. The number of phenolic OH excluding ortho intramolecular Hbond substituents is 1. The normalized spacial score (nSPS) is 10.7. The number of phenols is 1. The minimum atomic E-state index is -0.376. The summed E-state index contributed by atoms with van der Waals surface area (Å²) in [6, 6.07) is 4.31. The van der Waals surface area contributed by atoms with E-state index in [-0.39, 0.29) is 11.4 Å². The van der Waals surface area contributed by atoms with Crippen LogP contribution >= 0.6 is 11.6 Å². The number of aromatic hydroxyl groups is 1. The molecular formula is C10H11ClN4O2. The van der Waals surface area contributed by atoms with Crippen LogP contribution in [-0.2, 0) is 6.54 Å². The van der Waals surface area contributed by atoms with Crippen molar-refractivity contribution in [2.24, 2.45) is 0 Å². The van der Waals surface area contributed by atoms with Crippen molar-refractivity contribution in [2.45, 2.75) is 19.9 Å². The summed E-state index contributed by atoms with van der Waals surface area (Å²) < 4.78 is 2.32. The van der Waals surface area contributed by atoms with Gasteiger partial charge in [-0.1, -0.05) is 18.5 Å². The number of halogens is 1. The van der Waals surface area contributed by atoms with Crippen LogP contribution in [0.25, 0.3) is 5.69 Å². The van der Waals surface area contributed by atoms with Gasteiger partial charge in [-0.05, 0) is 29.0 Å². The van der Waals surface area contributed by atoms with Gasteiger partial charge >= 0.3 is 5.69 Å². The first-order valence-electron chi connectivity index (χ1n) is 5.15. The average Bonchev–Trinajstić information content (AvgIpc) is 2.65. The zero-order chi connectivity index (χ0) is 12.4. The molecule has 7 heteroatoms. The maximum atomic E-state index is 11.9. The van der Waals surface area contributed by atoms with Gasteiger partial charge in [0, 0.05) is 12.6 Å². The van der Waals surface area contributed by atoms with Crippen LogP contribution in [-0.4, -0.2) is 24.9 Å². The molecule has 2 aromatic rings. The second-order valence-corrected chi connectivity index (χ2v) is 3.94. The fraction of sp³-hybridized carbons (Fsp3) is 0.300. The highest BCUT2D eigenvalue weighted by Gasteiger charge is 2.11. The van der Waals surface area contributed by atoms with Crippen LogP contribution in [0.3, 0.4) is 0 Å². The van der Waals surface area contributed by atoms with Gasteiger partial charge in [0.05, 0.1) is 10.7 Å². The van der Waals surface area contributed by atoms with Crippen LogP contribution in [0.1, 0.15) is 13.3 Å². The van der Waals surface area contributed by atoms with E-state index in [1.165, 1.54) is 22.9 Å². The van der Waals surface area contributed by atoms with E-state index in [2.05, 4.69) is 10.4 Å². The molecule has 90 valence electrons. The van der Waals surface area contributed by atoms with Crippen molar-refractivity contribution in [1.82, 2.24) is 19.8 Å². The first-order chi connectivity index (χ1) is 8.13. The summed E-state index contributed by atoms with van der Waals surface area (Å²) in [5.74, 6) is 0.0151. The highest BCUT2D eigenvalue weighted by Crippen LogP contribution is 2.22. The van der Waals surface area contributed by atoms with Gasteiger partial charge in [0.15, 0.2) is 0 Å². The van der Waals surface area contributed by atoms with Crippen LogP contribution < -0.4 is 5.69 Å². The summed E-state index contributed by atoms with van der Waals surface area (Å²) in [5.41, 5.74) is -0.0571. The molecule has 1 heterocycles. The third kappa shape index (κ3) is 2.16. The van der Waals surface area contributed by atoms with Crippen LogP contribution in [0.15, 0.2) is 23.0 Å². The second-order valence-electron chi connectivity index (χ2n) is 3.53. The molecule has 2 rings (SSSR count). The van der Waals surface area contributed by atoms with E-state index in [1.807, 2.05) is 6.92 Å². The van der Waals surface area contributed by atoms with Gasteiger partial charge in [-0.2, -0.15) is 9.36 Å². The molecule has 0 fully saturated rings. The van der Waals surface area contributed by atoms with E-state index in [1.54, 1.807) is 0 Å². The molecule has 1 aromatic heterocycles. The Bertz CT molecular complexity index is 590. The molecule has 0 radical (unpaired) electrons. The molecule has 17 heavy (non-hydrogen) atoms. The van der Waals surface area contributed by atoms with Gasteiger partial charge in [-0.25, -0.2) is 4.79 Å². The minimum Gasteiger partial charge on any atom is -0.508 e. The Morgan fingerprint density at radius 2 is 2.18 bits per heavy atom. The number of hydrogen-bond acceptors (Lipinski definition) is 4. The van der Waals surface area contributed by atoms with Gasteiger partial charge in [0.25, 0.3) is 0 Å². The largest absolute Gasteiger partial charge is 0.508 e. The first kappa shape index (κ1) is 11.7. The van der Waals surface area contributed by atoms with E-state index in [9.17, 15) is 9.90 Å². The van der Waals surface area contributed by atoms with Crippen molar-refractivity contribution in [3.8, 4) is 11.4 Å². The predicted molar refractivity (Wildman–Crippen MR) is 62.6 cm³/mol. The maximum Gasteiger partial charge on any atom is 0.368 e. The first-order valence-corrected chi connectivity index (χ1v) is 5.53. The van der Waals surface area contributed by atoms with Gasteiger partial charge in [0.2, 0.25) is 0 Å². The van der Waals surface area contributed by atoms with Crippen LogP contribution in [0.2, 0.25) is 5.02 Å². The van der Waals surface area contributed by atoms with E-state index < -0.39 is 0 Å². The molecule has 0 aliphatic carbocycles. The van der Waals surface area contributed by atoms with Crippen molar-refractivity contribution >= 4 is 11.6 Å². The van der Waals surface area contributed by atoms with Crippen molar-refractivity contribution in [3.05, 3.63) is 33.7 Å². The molecule has 0 saturated carbocycles. The lowest BCUT2D eigenvalue weighted by atomic mass is 10.3. The zero-order valence-corrected chi connectivity index (χ0v) is 9.92. The molecule has 6 nitrogen and oxygen atoms in total. The molecule has 1 aromatic carbocycles. The van der Waals surface area contributed by atoms with Crippen LogP contribution in [0.4, 0.5) is 0 Å². The summed E-state index contributed by atoms with van der Waals surface area (Å²) in [4.78, 5) is 11.9. The average molecular weight is 255 g/mol. The monoisotopic (exact) mass is 254 g/mol. The predicted octanol–water partition coefficient (Wildman–Crippen LogP) is 1.20. The number of rotatable bonds is 3. The van der Waals surface area contributed by atoms with E-state index in [0.717, 1.165) is 11.1 Å². The van der Waals surface area contributed by atoms with Gasteiger partial charge in [-0.3, -0.25) is 0 Å². The molecule has 0 aliphatic rings. The summed E-state index contributed by atoms with van der Waals surface area (Å²) in [6.07, 6.45) is 0.784. The molecular weight excluding hydrogens is 244 g/mol. The molecule has 0 amide bonds. The van der Waals surface area contributed by atoms with Gasteiger partial charge in [0.1, 0.15) is 5.75 Å². The lowest BCUT2D eigenvalue weighted by Crippen LogP contribution is -2.24. The van der Waals surface area contributed by atoms with E-state index in [0.29, 0.717) is 17.3 Å². The molecule has 0 saturated heterocycles. The fourth-order valence-electron chi connectivity index (χ4n) is 1.44. The highest BCUT2D eigenvalue weighted by atomic mass is 35.5. The highest BCUT2D eigenvalue weighted by molar-refractivity contribution is 6.32. The molecule has 0 aliphatic heterocycles. The van der Waals surface area contributed by atoms with Crippen molar-refractivity contribution < 1.29 is 5.11 Å². The topological polar surface area (TPSA) is 72.9 Å². The minimum absolute atomic E-state index is 0.0151. The third-order valence-electron chi connectivity index (χ3n) is 2.23. The molecule has 0 atom stereocenters. The standard InChI is InChI=1S/C10H11ClN4O2/c1-2-5-14-10(17)15(13-12-14)9-6-7(16)3-4-8(9)11/h3-4,6,16H,2,5H2,1H3. The number of hydrogen-bond donors (Lipinski definition) is 1. The second kappa shape index (κ2) is 4.58. The van der Waals surface area contributed by atoms with Gasteiger partial charge < -0.3 is 5.11 Å². The summed E-state index contributed by atoms with van der Waals surface area (Å²) in [5, 5.41) is 17.2. The zero-order valence-electron chi connectivity index (χ0n) is 9.17. The van der Waals surface area contributed by atoms with E-state index >= 15 is 0 Å². The van der Waals surface area contributed by atoms with E-state index in [4.69, 9.17) is 11.6 Å². The fourth-order valence-corrected chi connectivity index (χ4v) is 1.64. The Morgan fingerprint density at radius 1 is 1.41 bits per heavy atom. The molecule has 0 unspecified atom stereocenters. The van der Waals surface area contributed by atoms with Gasteiger partial charge in [-0.15, -0.1) is 0 Å². The number of nitrogens with zero attached hydrogens (tertiary/aromatic N) is 4. The lowest BCUT2D eigenvalue weighted by Gasteiger charge is -2.02. The Hall–Kier alpha value is -1.82. The Labute approximate surface area is 102 Å². The summed E-state index contributed by atoms with van der Waals surface area (Å²) in [6.45, 7) is 2.43. The molecule has 0 spiro atoms. The van der Waals surface area contributed by atoms with Crippen molar-refractivity contribution in [2.75, 3.05) is 0 Å². The summed E-state index contributed by atoms with van der Waals surface area (Å²) in [7, 11) is 0. The number of tetrazole rings is 1. The maximum absolute atomic E-state index is 11.9. The lowest BCUT2D eigenvalue weighted by molar-refractivity contribution is 0.474. The molecule has 1 N–H and O–H groups in total. The molecule has 0 bridgehead atoms. The van der Waals surface area contributed by atoms with Crippen LogP contribution in [0, 0.1) is 0 Å². The van der Waals surface area contributed by atoms with Crippen molar-refractivity contribution in [3.63, 3.8) is 0 Å². The Kier molecular flexibility index (Phi) is 3.14. The third-order valence-corrected chi connectivity index (χ3v) is 2.55.